The Labute approximate surface area is 271 Å². The molecule has 0 radical (unpaired) electrons. The Balaban J connectivity index is 1.36. The zero-order valence-electron chi connectivity index (χ0n) is 25.7. The zero-order valence-corrected chi connectivity index (χ0v) is 25.7. The van der Waals surface area contributed by atoms with Crippen LogP contribution in [-0.4, -0.2) is 77.1 Å². The van der Waals surface area contributed by atoms with Gasteiger partial charge in [-0.1, -0.05) is 85.5 Å². The number of alkyl carbamates (subject to hydrolysis) is 1. The minimum atomic E-state index is -1.90. The number of hydrogen-bond donors (Lipinski definition) is 2. The number of aliphatic carboxylic acids is 1. The summed E-state index contributed by atoms with van der Waals surface area (Å²) in [4.78, 5) is 68.8. The number of esters is 1. The molecule has 2 aliphatic heterocycles. The van der Waals surface area contributed by atoms with Gasteiger partial charge in [-0.25, -0.2) is 4.79 Å². The summed E-state index contributed by atoms with van der Waals surface area (Å²) in [6, 6.07) is 21.2. The van der Waals surface area contributed by atoms with Crippen molar-refractivity contribution in [1.82, 2.24) is 15.1 Å². The molecule has 3 aromatic rings. The molecule has 47 heavy (non-hydrogen) atoms. The van der Waals surface area contributed by atoms with E-state index in [0.717, 1.165) is 22.3 Å². The quantitative estimate of drug-likeness (QED) is 0.238. The molecule has 6 rings (SSSR count). The van der Waals surface area contributed by atoms with Crippen LogP contribution in [0.2, 0.25) is 0 Å². The van der Waals surface area contributed by atoms with Crippen molar-refractivity contribution in [1.29, 1.82) is 0 Å². The van der Waals surface area contributed by atoms with Gasteiger partial charge in [0.2, 0.25) is 11.8 Å². The first-order valence-electron chi connectivity index (χ1n) is 15.5. The zero-order chi connectivity index (χ0) is 33.1. The Kier molecular flexibility index (Phi) is 8.80. The Morgan fingerprint density at radius 3 is 2.26 bits per heavy atom. The van der Waals surface area contributed by atoms with Crippen LogP contribution in [0.3, 0.4) is 0 Å². The first-order chi connectivity index (χ1) is 22.7. The molecule has 2 saturated heterocycles. The highest BCUT2D eigenvalue weighted by Gasteiger charge is 2.53. The summed E-state index contributed by atoms with van der Waals surface area (Å²) in [6.45, 7) is 3.49. The second-order valence-electron chi connectivity index (χ2n) is 11.9. The van der Waals surface area contributed by atoms with Gasteiger partial charge in [0.05, 0.1) is 12.8 Å². The molecule has 3 aliphatic rings. The topological polar surface area (TPSA) is 143 Å². The Morgan fingerprint density at radius 2 is 1.62 bits per heavy atom. The van der Waals surface area contributed by atoms with Gasteiger partial charge in [0.1, 0.15) is 25.8 Å². The highest BCUT2D eigenvalue weighted by molar-refractivity contribution is 5.96. The van der Waals surface area contributed by atoms with E-state index in [-0.39, 0.29) is 37.0 Å². The molecule has 11 heteroatoms. The largest absolute Gasteiger partial charge is 0.481 e. The predicted molar refractivity (Wildman–Crippen MR) is 170 cm³/mol. The van der Waals surface area contributed by atoms with Crippen LogP contribution in [0.5, 0.6) is 0 Å². The van der Waals surface area contributed by atoms with Crippen molar-refractivity contribution in [2.24, 2.45) is 0 Å². The van der Waals surface area contributed by atoms with Crippen LogP contribution in [0, 0.1) is 0 Å². The fraction of sp³-hybridized carbons (Fsp3) is 0.306. The molecule has 2 N–H and O–H groups in total. The van der Waals surface area contributed by atoms with Crippen molar-refractivity contribution in [2.75, 3.05) is 26.3 Å². The van der Waals surface area contributed by atoms with Crippen LogP contribution >= 0.6 is 0 Å². The van der Waals surface area contributed by atoms with Crippen molar-refractivity contribution in [3.8, 4) is 11.1 Å². The van der Waals surface area contributed by atoms with Gasteiger partial charge in [-0.05, 0) is 46.2 Å². The maximum absolute atomic E-state index is 14.1. The number of hydrogen-bond acceptors (Lipinski definition) is 7. The fourth-order valence-corrected chi connectivity index (χ4v) is 6.95. The standard InChI is InChI=1S/C36H35N3O8/c1-2-18-46-33(43)20-36(24-15-13-23(14-16-24)19-32(41)42,39-21-31(40)38-17-7-12-30(38)34(39)44)37-35(45)47-22-29-27-10-5-3-8-25(27)26-9-4-6-11-28(26)29/h2-6,8-11,13-16,29-30H,1,7,12,17-22H2,(H,37,45)(H,41,42). The predicted octanol–water partition coefficient (Wildman–Crippen LogP) is 3.96. The molecule has 3 amide bonds. The molecule has 0 spiro atoms. The number of amides is 3. The molecule has 2 unspecified atom stereocenters. The maximum atomic E-state index is 14.1. The normalized spacial score (nSPS) is 18.1. The van der Waals surface area contributed by atoms with E-state index in [1.54, 1.807) is 24.3 Å². The minimum Gasteiger partial charge on any atom is -0.481 e. The SMILES string of the molecule is C=CCOC(=O)CC(NC(=O)OCC1c2ccccc2-c2ccccc21)(c1ccc(CC(=O)O)cc1)N1CC(=O)N2CCCC2C1=O. The molecule has 2 atom stereocenters. The molecule has 2 fully saturated rings. The third kappa shape index (κ3) is 6.08. The number of ether oxygens (including phenoxy) is 2. The molecular formula is C36H35N3O8. The summed E-state index contributed by atoms with van der Waals surface area (Å²) in [5, 5.41) is 12.1. The summed E-state index contributed by atoms with van der Waals surface area (Å²) >= 11 is 0. The molecule has 1 aliphatic carbocycles. The van der Waals surface area contributed by atoms with Gasteiger partial charge in [-0.2, -0.15) is 0 Å². The van der Waals surface area contributed by atoms with E-state index in [9.17, 15) is 29.1 Å². The van der Waals surface area contributed by atoms with Crippen molar-refractivity contribution in [2.45, 2.75) is 43.3 Å². The number of carbonyl (C=O) groups excluding carboxylic acids is 4. The Bertz CT molecular complexity index is 1690. The molecule has 2 heterocycles. The van der Waals surface area contributed by atoms with Crippen molar-refractivity contribution in [3.05, 3.63) is 108 Å². The summed E-state index contributed by atoms with van der Waals surface area (Å²) in [5.74, 6) is -2.78. The van der Waals surface area contributed by atoms with E-state index >= 15 is 0 Å². The summed E-state index contributed by atoms with van der Waals surface area (Å²) in [7, 11) is 0. The lowest BCUT2D eigenvalue weighted by Gasteiger charge is -2.48. The van der Waals surface area contributed by atoms with Crippen molar-refractivity contribution < 1.29 is 38.6 Å². The van der Waals surface area contributed by atoms with Crippen molar-refractivity contribution >= 4 is 29.8 Å². The lowest BCUT2D eigenvalue weighted by atomic mass is 9.90. The van der Waals surface area contributed by atoms with Crippen LogP contribution < -0.4 is 5.32 Å². The summed E-state index contributed by atoms with van der Waals surface area (Å²) in [5.41, 5.74) is 2.97. The van der Waals surface area contributed by atoms with Gasteiger partial charge in [-0.15, -0.1) is 0 Å². The second kappa shape index (κ2) is 13.1. The maximum Gasteiger partial charge on any atom is 0.409 e. The van der Waals surface area contributed by atoms with Crippen LogP contribution in [0.4, 0.5) is 4.79 Å². The molecule has 0 saturated carbocycles. The second-order valence-corrected chi connectivity index (χ2v) is 11.9. The highest BCUT2D eigenvalue weighted by Crippen LogP contribution is 2.44. The van der Waals surface area contributed by atoms with Crippen LogP contribution in [0.1, 0.15) is 47.4 Å². The van der Waals surface area contributed by atoms with E-state index in [1.165, 1.54) is 15.9 Å². The third-order valence-corrected chi connectivity index (χ3v) is 9.08. The number of fused-ring (bicyclic) bond motifs is 4. The van der Waals surface area contributed by atoms with Crippen LogP contribution in [0.15, 0.2) is 85.5 Å². The number of carboxylic acids is 1. The van der Waals surface area contributed by atoms with Crippen LogP contribution in [-0.2, 0) is 40.7 Å². The van der Waals surface area contributed by atoms with E-state index < -0.39 is 48.6 Å². The number of benzene rings is 3. The molecule has 242 valence electrons. The third-order valence-electron chi connectivity index (χ3n) is 9.08. The average Bonchev–Trinajstić information content (AvgIpc) is 3.69. The number of piperazine rings is 1. The number of nitrogens with one attached hydrogen (secondary N) is 1. The van der Waals surface area contributed by atoms with Gasteiger partial charge in [-0.3, -0.25) is 24.5 Å². The van der Waals surface area contributed by atoms with Gasteiger partial charge >= 0.3 is 18.0 Å². The molecule has 11 nitrogen and oxygen atoms in total. The smallest absolute Gasteiger partial charge is 0.409 e. The van der Waals surface area contributed by atoms with E-state index in [2.05, 4.69) is 11.9 Å². The number of carbonyl (C=O) groups is 5. The number of rotatable bonds is 11. The van der Waals surface area contributed by atoms with Gasteiger partial charge in [0.15, 0.2) is 5.66 Å². The number of nitrogens with zero attached hydrogens (tertiary/aromatic N) is 2. The van der Waals surface area contributed by atoms with E-state index in [4.69, 9.17) is 9.47 Å². The highest BCUT2D eigenvalue weighted by atomic mass is 16.6. The Morgan fingerprint density at radius 1 is 0.957 bits per heavy atom. The Hall–Kier alpha value is -5.45. The molecular weight excluding hydrogens is 602 g/mol. The summed E-state index contributed by atoms with van der Waals surface area (Å²) in [6.07, 6.45) is 0.772. The minimum absolute atomic E-state index is 0.0301. The average molecular weight is 638 g/mol. The van der Waals surface area contributed by atoms with E-state index in [1.807, 2.05) is 48.5 Å². The molecule has 0 aromatic heterocycles. The first kappa shape index (κ1) is 31.5. The van der Waals surface area contributed by atoms with Gasteiger partial charge in [0, 0.05) is 12.5 Å². The van der Waals surface area contributed by atoms with E-state index in [0.29, 0.717) is 24.9 Å². The molecule has 3 aromatic carbocycles. The fourth-order valence-electron chi connectivity index (χ4n) is 6.95. The number of carboxylic acid groups (broad SMARTS) is 1. The van der Waals surface area contributed by atoms with Crippen LogP contribution in [0.25, 0.3) is 11.1 Å². The lowest BCUT2D eigenvalue weighted by molar-refractivity contribution is -0.165. The lowest BCUT2D eigenvalue weighted by Crippen LogP contribution is -2.68. The van der Waals surface area contributed by atoms with Crippen molar-refractivity contribution in [3.63, 3.8) is 0 Å². The first-order valence-corrected chi connectivity index (χ1v) is 15.5. The van der Waals surface area contributed by atoms with Gasteiger partial charge < -0.3 is 24.4 Å². The molecule has 0 bridgehead atoms. The summed E-state index contributed by atoms with van der Waals surface area (Å²) < 4.78 is 11.2. The monoisotopic (exact) mass is 637 g/mol. The van der Waals surface area contributed by atoms with Gasteiger partial charge in [0.25, 0.3) is 0 Å².